The van der Waals surface area contributed by atoms with Crippen LogP contribution in [-0.2, 0) is 4.74 Å². The van der Waals surface area contributed by atoms with E-state index < -0.39 is 5.60 Å². The van der Waals surface area contributed by atoms with Crippen LogP contribution >= 0.6 is 0 Å². The molecule has 0 radical (unpaired) electrons. The van der Waals surface area contributed by atoms with Crippen molar-refractivity contribution in [2.24, 2.45) is 0 Å². The van der Waals surface area contributed by atoms with Gasteiger partial charge in [0.15, 0.2) is 0 Å². The monoisotopic (exact) mass is 256 g/mol. The Bertz CT molecular complexity index is 311. The molecule has 5 nitrogen and oxygen atoms in total. The minimum absolute atomic E-state index is 0.225. The Morgan fingerprint density at radius 2 is 1.72 bits per heavy atom. The van der Waals surface area contributed by atoms with E-state index in [0.717, 1.165) is 12.8 Å². The lowest BCUT2D eigenvalue weighted by atomic mass is 9.90. The average molecular weight is 256 g/mol. The number of hydrogen-bond donors (Lipinski definition) is 1. The SMILES string of the molecule is CN1C2CC(O)CC1CN(C(=O)OC(C)(C)C)C2. The summed E-state index contributed by atoms with van der Waals surface area (Å²) < 4.78 is 5.41. The summed E-state index contributed by atoms with van der Waals surface area (Å²) in [6.45, 7) is 6.95. The normalized spacial score (nSPS) is 33.4. The van der Waals surface area contributed by atoms with Crippen molar-refractivity contribution >= 4 is 6.09 Å². The van der Waals surface area contributed by atoms with E-state index in [9.17, 15) is 9.90 Å². The maximum Gasteiger partial charge on any atom is 0.410 e. The second kappa shape index (κ2) is 4.70. The van der Waals surface area contributed by atoms with Crippen LogP contribution in [0.25, 0.3) is 0 Å². The Labute approximate surface area is 109 Å². The number of hydrogen-bond acceptors (Lipinski definition) is 4. The molecule has 18 heavy (non-hydrogen) atoms. The molecule has 0 saturated carbocycles. The highest BCUT2D eigenvalue weighted by molar-refractivity contribution is 5.68. The number of likely N-dealkylation sites (tertiary alicyclic amines) is 1. The lowest BCUT2D eigenvalue weighted by Crippen LogP contribution is -2.63. The fourth-order valence-electron chi connectivity index (χ4n) is 2.82. The highest BCUT2D eigenvalue weighted by Gasteiger charge is 2.40. The van der Waals surface area contributed by atoms with Gasteiger partial charge in [-0.1, -0.05) is 0 Å². The molecule has 104 valence electrons. The van der Waals surface area contributed by atoms with Gasteiger partial charge >= 0.3 is 6.09 Å². The van der Waals surface area contributed by atoms with Gasteiger partial charge in [-0.25, -0.2) is 4.79 Å². The molecule has 0 aromatic carbocycles. The first-order valence-corrected chi connectivity index (χ1v) is 6.64. The fourth-order valence-corrected chi connectivity index (χ4v) is 2.82. The molecule has 2 aliphatic rings. The van der Waals surface area contributed by atoms with Crippen LogP contribution in [0.3, 0.4) is 0 Å². The molecule has 2 rings (SSSR count). The Morgan fingerprint density at radius 3 is 2.17 bits per heavy atom. The number of carbonyl (C=O) groups is 1. The van der Waals surface area contributed by atoms with E-state index in [0.29, 0.717) is 13.1 Å². The molecule has 1 amide bonds. The second-order valence-electron chi connectivity index (χ2n) is 6.48. The van der Waals surface area contributed by atoms with Gasteiger partial charge in [-0.3, -0.25) is 4.90 Å². The lowest BCUT2D eigenvalue weighted by molar-refractivity contribution is -0.0512. The first kappa shape index (κ1) is 13.6. The molecule has 5 heteroatoms. The summed E-state index contributed by atoms with van der Waals surface area (Å²) in [6.07, 6.45) is 1.03. The molecule has 2 aliphatic heterocycles. The van der Waals surface area contributed by atoms with Crippen molar-refractivity contribution in [2.45, 2.75) is 57.4 Å². The first-order chi connectivity index (χ1) is 8.26. The maximum atomic E-state index is 12.1. The molecule has 2 fully saturated rings. The van der Waals surface area contributed by atoms with E-state index in [1.54, 1.807) is 4.90 Å². The molecule has 0 aromatic heterocycles. The number of carbonyl (C=O) groups excluding carboxylic acids is 1. The van der Waals surface area contributed by atoms with Gasteiger partial charge < -0.3 is 14.7 Å². The van der Waals surface area contributed by atoms with Crippen LogP contribution in [0.1, 0.15) is 33.6 Å². The number of aliphatic hydroxyl groups excluding tert-OH is 1. The third-order valence-electron chi connectivity index (χ3n) is 3.75. The van der Waals surface area contributed by atoms with Gasteiger partial charge in [0, 0.05) is 25.2 Å². The Hall–Kier alpha value is -0.810. The molecule has 0 spiro atoms. The minimum atomic E-state index is -0.449. The third-order valence-corrected chi connectivity index (χ3v) is 3.75. The highest BCUT2D eigenvalue weighted by Crippen LogP contribution is 2.28. The molecule has 2 unspecified atom stereocenters. The number of piperazine rings is 1. The summed E-state index contributed by atoms with van der Waals surface area (Å²) in [5, 5.41) is 9.78. The highest BCUT2D eigenvalue weighted by atomic mass is 16.6. The number of amides is 1. The minimum Gasteiger partial charge on any atom is -0.444 e. The van der Waals surface area contributed by atoms with Gasteiger partial charge in [0.2, 0.25) is 0 Å². The molecule has 1 N–H and O–H groups in total. The summed E-state index contributed by atoms with van der Waals surface area (Å²) >= 11 is 0. The quantitative estimate of drug-likeness (QED) is 0.704. The number of piperidine rings is 1. The van der Waals surface area contributed by atoms with Gasteiger partial charge in [-0.15, -0.1) is 0 Å². The van der Waals surface area contributed by atoms with Crippen molar-refractivity contribution in [3.05, 3.63) is 0 Å². The van der Waals surface area contributed by atoms with Crippen molar-refractivity contribution in [1.82, 2.24) is 9.80 Å². The van der Waals surface area contributed by atoms with E-state index in [-0.39, 0.29) is 24.3 Å². The number of likely N-dealkylation sites (N-methyl/N-ethyl adjacent to an activating group) is 1. The van der Waals surface area contributed by atoms with Crippen LogP contribution in [0.2, 0.25) is 0 Å². The molecule has 2 saturated heterocycles. The van der Waals surface area contributed by atoms with E-state index >= 15 is 0 Å². The van der Waals surface area contributed by atoms with E-state index in [4.69, 9.17) is 4.74 Å². The van der Waals surface area contributed by atoms with Gasteiger partial charge in [-0.05, 0) is 40.7 Å². The topological polar surface area (TPSA) is 53.0 Å². The van der Waals surface area contributed by atoms with Crippen molar-refractivity contribution in [1.29, 1.82) is 0 Å². The second-order valence-corrected chi connectivity index (χ2v) is 6.48. The molecule has 0 aromatic rings. The zero-order valence-corrected chi connectivity index (χ0v) is 11.7. The van der Waals surface area contributed by atoms with Crippen molar-refractivity contribution in [2.75, 3.05) is 20.1 Å². The van der Waals surface area contributed by atoms with Crippen LogP contribution < -0.4 is 0 Å². The maximum absolute atomic E-state index is 12.1. The number of fused-ring (bicyclic) bond motifs is 2. The van der Waals surface area contributed by atoms with Gasteiger partial charge in [0.05, 0.1) is 6.10 Å². The number of aliphatic hydroxyl groups is 1. The van der Waals surface area contributed by atoms with Gasteiger partial charge in [0.1, 0.15) is 5.60 Å². The Kier molecular flexibility index (Phi) is 3.56. The summed E-state index contributed by atoms with van der Waals surface area (Å²) in [5.41, 5.74) is -0.449. The van der Waals surface area contributed by atoms with E-state index in [1.165, 1.54) is 0 Å². The lowest BCUT2D eigenvalue weighted by Gasteiger charge is -2.49. The Balaban J connectivity index is 2.00. The molecule has 0 aliphatic carbocycles. The van der Waals surface area contributed by atoms with Crippen molar-refractivity contribution < 1.29 is 14.6 Å². The number of ether oxygens (including phenoxy) is 1. The van der Waals surface area contributed by atoms with Crippen molar-refractivity contribution in [3.63, 3.8) is 0 Å². The number of rotatable bonds is 0. The van der Waals surface area contributed by atoms with Crippen LogP contribution in [-0.4, -0.2) is 64.9 Å². The zero-order valence-electron chi connectivity index (χ0n) is 11.7. The molecule has 2 atom stereocenters. The molecular weight excluding hydrogens is 232 g/mol. The zero-order chi connectivity index (χ0) is 13.5. The third kappa shape index (κ3) is 2.95. The largest absolute Gasteiger partial charge is 0.444 e. The average Bonchev–Trinajstić information content (AvgIpc) is 2.17. The van der Waals surface area contributed by atoms with E-state index in [2.05, 4.69) is 11.9 Å². The van der Waals surface area contributed by atoms with Crippen molar-refractivity contribution in [3.8, 4) is 0 Å². The molecular formula is C13H24N2O3. The molecule has 2 bridgehead atoms. The summed E-state index contributed by atoms with van der Waals surface area (Å²) in [7, 11) is 2.08. The van der Waals surface area contributed by atoms with Crippen LogP contribution in [0.4, 0.5) is 4.79 Å². The van der Waals surface area contributed by atoms with Crippen LogP contribution in [0.15, 0.2) is 0 Å². The first-order valence-electron chi connectivity index (χ1n) is 6.64. The van der Waals surface area contributed by atoms with Gasteiger partial charge in [0.25, 0.3) is 0 Å². The fraction of sp³-hybridized carbons (Fsp3) is 0.923. The summed E-state index contributed by atoms with van der Waals surface area (Å²) in [5.74, 6) is 0. The van der Waals surface area contributed by atoms with E-state index in [1.807, 2.05) is 20.8 Å². The van der Waals surface area contributed by atoms with Gasteiger partial charge in [-0.2, -0.15) is 0 Å². The smallest absolute Gasteiger partial charge is 0.410 e. The van der Waals surface area contributed by atoms with Crippen LogP contribution in [0, 0.1) is 0 Å². The van der Waals surface area contributed by atoms with Crippen LogP contribution in [0.5, 0.6) is 0 Å². The standard InChI is InChI=1S/C13H24N2O3/c1-13(2,3)18-12(17)15-7-9-5-11(16)6-10(8-15)14(9)4/h9-11,16H,5-8H2,1-4H3. The Morgan fingerprint density at radius 1 is 1.22 bits per heavy atom. The molecule has 2 heterocycles. The predicted molar refractivity (Wildman–Crippen MR) is 68.4 cm³/mol. The summed E-state index contributed by atoms with van der Waals surface area (Å²) in [4.78, 5) is 16.1. The number of nitrogens with zero attached hydrogens (tertiary/aromatic N) is 2. The predicted octanol–water partition coefficient (Wildman–Crippen LogP) is 1.06. The summed E-state index contributed by atoms with van der Waals surface area (Å²) in [6, 6.07) is 0.500.